The van der Waals surface area contributed by atoms with E-state index in [1.165, 1.54) is 36.8 Å². The molecule has 1 aromatic rings. The second-order valence-electron chi connectivity index (χ2n) is 8.73. The Morgan fingerprint density at radius 3 is 2.78 bits per heavy atom. The van der Waals surface area contributed by atoms with Gasteiger partial charge < -0.3 is 10.6 Å². The number of aryl methyl sites for hydroxylation is 1. The molecule has 27 heavy (non-hydrogen) atoms. The van der Waals surface area contributed by atoms with Gasteiger partial charge in [0.1, 0.15) is 0 Å². The highest BCUT2D eigenvalue weighted by Crippen LogP contribution is 2.44. The number of aliphatic imine (C=N–C) groups is 1. The molecule has 2 N–H and O–H groups in total. The molecule has 0 amide bonds. The molecule has 4 rings (SSSR count). The van der Waals surface area contributed by atoms with E-state index < -0.39 is 9.84 Å². The van der Waals surface area contributed by atoms with Crippen LogP contribution in [0.5, 0.6) is 0 Å². The summed E-state index contributed by atoms with van der Waals surface area (Å²) < 4.78 is 23.4. The minimum atomic E-state index is -2.83. The van der Waals surface area contributed by atoms with Crippen LogP contribution in [0.2, 0.25) is 0 Å². The van der Waals surface area contributed by atoms with Gasteiger partial charge in [0.15, 0.2) is 15.8 Å². The summed E-state index contributed by atoms with van der Waals surface area (Å²) in [6, 6.07) is 8.96. The van der Waals surface area contributed by atoms with E-state index in [1.54, 1.807) is 0 Å². The molecule has 3 fully saturated rings. The Morgan fingerprint density at radius 2 is 2.11 bits per heavy atom. The maximum absolute atomic E-state index is 11.7. The first-order valence-corrected chi connectivity index (χ1v) is 12.1. The molecule has 1 heterocycles. The molecule has 0 radical (unpaired) electrons. The quantitative estimate of drug-likeness (QED) is 0.600. The van der Waals surface area contributed by atoms with E-state index in [1.807, 2.05) is 0 Å². The van der Waals surface area contributed by atoms with E-state index in [0.717, 1.165) is 24.2 Å². The minimum Gasteiger partial charge on any atom is -0.356 e. The van der Waals surface area contributed by atoms with Gasteiger partial charge in [-0.15, -0.1) is 0 Å². The van der Waals surface area contributed by atoms with Gasteiger partial charge in [-0.3, -0.25) is 0 Å². The van der Waals surface area contributed by atoms with Crippen LogP contribution in [0.3, 0.4) is 0 Å². The molecule has 148 valence electrons. The van der Waals surface area contributed by atoms with Crippen molar-refractivity contribution in [2.24, 2.45) is 22.7 Å². The van der Waals surface area contributed by atoms with Crippen molar-refractivity contribution in [2.75, 3.05) is 18.1 Å². The fourth-order valence-electron chi connectivity index (χ4n) is 5.00. The molecule has 5 nitrogen and oxygen atoms in total. The van der Waals surface area contributed by atoms with Crippen molar-refractivity contribution < 1.29 is 8.42 Å². The topological polar surface area (TPSA) is 70.6 Å². The van der Waals surface area contributed by atoms with E-state index in [9.17, 15) is 8.42 Å². The third-order valence-corrected chi connectivity index (χ3v) is 8.28. The van der Waals surface area contributed by atoms with Gasteiger partial charge >= 0.3 is 0 Å². The van der Waals surface area contributed by atoms with Crippen LogP contribution >= 0.6 is 0 Å². The summed E-state index contributed by atoms with van der Waals surface area (Å²) in [5.41, 5.74) is 2.45. The summed E-state index contributed by atoms with van der Waals surface area (Å²) in [7, 11) is -2.83. The molecule has 2 saturated carbocycles. The highest BCUT2D eigenvalue weighted by atomic mass is 32.2. The molecular weight excluding hydrogens is 358 g/mol. The van der Waals surface area contributed by atoms with Crippen molar-refractivity contribution in [1.29, 1.82) is 0 Å². The summed E-state index contributed by atoms with van der Waals surface area (Å²) in [6.07, 6.45) is 6.06. The third kappa shape index (κ3) is 4.84. The molecule has 0 spiro atoms. The largest absolute Gasteiger partial charge is 0.356 e. The summed E-state index contributed by atoms with van der Waals surface area (Å²) in [4.78, 5) is 4.82. The predicted octanol–water partition coefficient (Wildman–Crippen LogP) is 2.65. The third-order valence-electron chi connectivity index (χ3n) is 6.45. The zero-order valence-corrected chi connectivity index (χ0v) is 17.0. The number of guanidine groups is 1. The molecule has 1 aliphatic heterocycles. The Bertz CT molecular complexity index is 805. The Hall–Kier alpha value is -1.56. The van der Waals surface area contributed by atoms with Crippen LogP contribution in [0.15, 0.2) is 29.3 Å². The highest BCUT2D eigenvalue weighted by molar-refractivity contribution is 7.91. The van der Waals surface area contributed by atoms with Gasteiger partial charge in [-0.25, -0.2) is 13.4 Å². The van der Waals surface area contributed by atoms with Gasteiger partial charge in [0.2, 0.25) is 0 Å². The zero-order chi connectivity index (χ0) is 18.9. The molecule has 4 atom stereocenters. The Kier molecular flexibility index (Phi) is 5.44. The first-order valence-electron chi connectivity index (χ1n) is 10.3. The molecule has 2 bridgehead atoms. The fraction of sp³-hybridized carbons (Fsp3) is 0.667. The van der Waals surface area contributed by atoms with Gasteiger partial charge in [-0.05, 0) is 55.9 Å². The molecule has 6 heteroatoms. The van der Waals surface area contributed by atoms with Crippen LogP contribution in [-0.2, 0) is 16.4 Å². The van der Waals surface area contributed by atoms with Crippen molar-refractivity contribution in [3.8, 4) is 0 Å². The number of nitrogens with one attached hydrogen (secondary N) is 2. The maximum atomic E-state index is 11.7. The monoisotopic (exact) mass is 389 g/mol. The van der Waals surface area contributed by atoms with E-state index in [4.69, 9.17) is 4.99 Å². The zero-order valence-electron chi connectivity index (χ0n) is 16.2. The number of sulfone groups is 1. The molecule has 4 unspecified atom stereocenters. The van der Waals surface area contributed by atoms with E-state index >= 15 is 0 Å². The Balaban J connectivity index is 1.40. The van der Waals surface area contributed by atoms with Gasteiger partial charge in [0.25, 0.3) is 0 Å². The number of hydrogen-bond donors (Lipinski definition) is 2. The van der Waals surface area contributed by atoms with Gasteiger partial charge in [-0.2, -0.15) is 0 Å². The molecule has 0 aromatic heterocycles. The van der Waals surface area contributed by atoms with Gasteiger partial charge in [0.05, 0.1) is 18.1 Å². The van der Waals surface area contributed by atoms with Crippen molar-refractivity contribution in [3.05, 3.63) is 35.4 Å². The van der Waals surface area contributed by atoms with E-state index in [0.29, 0.717) is 30.6 Å². The van der Waals surface area contributed by atoms with E-state index in [-0.39, 0.29) is 5.92 Å². The molecule has 1 aromatic carbocycles. The molecule has 1 saturated heterocycles. The minimum absolute atomic E-state index is 0.195. The van der Waals surface area contributed by atoms with Crippen LogP contribution in [0.1, 0.15) is 43.2 Å². The smallest absolute Gasteiger partial charge is 0.191 e. The number of fused-ring (bicyclic) bond motifs is 2. The first kappa shape index (κ1) is 18.8. The number of nitrogens with zero attached hydrogens (tertiary/aromatic N) is 1. The summed E-state index contributed by atoms with van der Waals surface area (Å²) in [6.45, 7) is 3.42. The number of rotatable bonds is 5. The van der Waals surface area contributed by atoms with Gasteiger partial charge in [-0.1, -0.05) is 36.2 Å². The molecule has 3 aliphatic rings. The fourth-order valence-corrected chi connectivity index (χ4v) is 6.87. The second kappa shape index (κ2) is 7.82. The SMILES string of the molecule is Cc1cccc(CN=C(NCC2CCS(=O)(=O)C2)NC2CC3CCC2C3)c1. The Morgan fingerprint density at radius 1 is 1.22 bits per heavy atom. The van der Waals surface area contributed by atoms with Crippen molar-refractivity contribution in [2.45, 2.75) is 51.6 Å². The van der Waals surface area contributed by atoms with Crippen LogP contribution in [0.25, 0.3) is 0 Å². The standard InChI is InChI=1S/C21H31N3O2S/c1-15-3-2-4-17(9-15)12-22-21(23-13-18-7-8-27(25,26)14-18)24-20-11-16-5-6-19(20)10-16/h2-4,9,16,18-20H,5-8,10-14H2,1H3,(H2,22,23,24). The number of hydrogen-bond acceptors (Lipinski definition) is 3. The normalized spacial score (nSPS) is 32.0. The number of benzene rings is 1. The average Bonchev–Trinajstić information content (AvgIpc) is 3.33. The molecule has 2 aliphatic carbocycles. The van der Waals surface area contributed by atoms with Crippen LogP contribution in [-0.4, -0.2) is 38.5 Å². The van der Waals surface area contributed by atoms with E-state index in [2.05, 4.69) is 41.8 Å². The highest BCUT2D eigenvalue weighted by Gasteiger charge is 2.40. The lowest BCUT2D eigenvalue weighted by Gasteiger charge is -2.26. The predicted molar refractivity (Wildman–Crippen MR) is 109 cm³/mol. The van der Waals surface area contributed by atoms with Crippen molar-refractivity contribution in [1.82, 2.24) is 10.6 Å². The van der Waals surface area contributed by atoms with Crippen LogP contribution in [0.4, 0.5) is 0 Å². The summed E-state index contributed by atoms with van der Waals surface area (Å²) in [5, 5.41) is 7.11. The van der Waals surface area contributed by atoms with Crippen LogP contribution in [0, 0.1) is 24.7 Å². The van der Waals surface area contributed by atoms with Crippen molar-refractivity contribution in [3.63, 3.8) is 0 Å². The summed E-state index contributed by atoms with van der Waals surface area (Å²) in [5.74, 6) is 3.33. The Labute approximate surface area is 163 Å². The van der Waals surface area contributed by atoms with Crippen molar-refractivity contribution >= 4 is 15.8 Å². The summed E-state index contributed by atoms with van der Waals surface area (Å²) >= 11 is 0. The lowest BCUT2D eigenvalue weighted by Crippen LogP contribution is -2.47. The lowest BCUT2D eigenvalue weighted by molar-refractivity contribution is 0.386. The van der Waals surface area contributed by atoms with Gasteiger partial charge in [0, 0.05) is 12.6 Å². The maximum Gasteiger partial charge on any atom is 0.191 e. The van der Waals surface area contributed by atoms with Crippen LogP contribution < -0.4 is 10.6 Å². The first-order chi connectivity index (χ1) is 13.0. The average molecular weight is 390 g/mol. The molecular formula is C21H31N3O2S. The second-order valence-corrected chi connectivity index (χ2v) is 11.0. The lowest BCUT2D eigenvalue weighted by atomic mass is 9.95.